The molecule has 2 heterocycles. The number of fused-ring (bicyclic) bond motifs is 1. The van der Waals surface area contributed by atoms with Gasteiger partial charge in [0.2, 0.25) is 0 Å². The van der Waals surface area contributed by atoms with Gasteiger partial charge in [-0.1, -0.05) is 39.0 Å². The molecule has 0 aliphatic heterocycles. The summed E-state index contributed by atoms with van der Waals surface area (Å²) in [6, 6.07) is 7.79. The quantitative estimate of drug-likeness (QED) is 0.766. The third-order valence-electron chi connectivity index (χ3n) is 4.57. The first-order chi connectivity index (χ1) is 11.8. The van der Waals surface area contributed by atoms with Crippen LogP contribution in [-0.2, 0) is 6.42 Å². The molecule has 1 N–H and O–H groups in total. The molecule has 0 saturated heterocycles. The smallest absolute Gasteiger partial charge is 0.354 e. The maximum atomic E-state index is 11.6. The van der Waals surface area contributed by atoms with Gasteiger partial charge in [0.15, 0.2) is 11.3 Å². The number of aromatic carboxylic acids is 1. The Bertz CT molecular complexity index is 950. The summed E-state index contributed by atoms with van der Waals surface area (Å²) in [6.45, 7) is 10.3. The second-order valence-corrected chi connectivity index (χ2v) is 6.70. The number of benzene rings is 1. The third kappa shape index (κ3) is 2.80. The Morgan fingerprint density at radius 3 is 2.36 bits per heavy atom. The zero-order chi connectivity index (χ0) is 18.3. The lowest BCUT2D eigenvalue weighted by Gasteiger charge is -2.12. The summed E-state index contributed by atoms with van der Waals surface area (Å²) in [5.41, 5.74) is 6.80. The average molecular weight is 337 g/mol. The number of rotatable bonds is 4. The fraction of sp³-hybridized carbons (Fsp3) is 0.350. The van der Waals surface area contributed by atoms with E-state index in [9.17, 15) is 9.90 Å². The molecule has 0 spiro atoms. The topological polar surface area (TPSA) is 67.5 Å². The van der Waals surface area contributed by atoms with Gasteiger partial charge in [-0.25, -0.2) is 14.3 Å². The van der Waals surface area contributed by atoms with E-state index < -0.39 is 5.97 Å². The van der Waals surface area contributed by atoms with Gasteiger partial charge in [0, 0.05) is 5.69 Å². The van der Waals surface area contributed by atoms with Crippen molar-refractivity contribution in [1.29, 1.82) is 0 Å². The van der Waals surface area contributed by atoms with Crippen LogP contribution in [0.1, 0.15) is 59.7 Å². The van der Waals surface area contributed by atoms with Gasteiger partial charge in [-0.3, -0.25) is 0 Å². The van der Waals surface area contributed by atoms with E-state index in [2.05, 4.69) is 37.9 Å². The monoisotopic (exact) mass is 337 g/mol. The van der Waals surface area contributed by atoms with Gasteiger partial charge in [-0.2, -0.15) is 5.10 Å². The van der Waals surface area contributed by atoms with E-state index in [4.69, 9.17) is 5.10 Å². The van der Waals surface area contributed by atoms with Crippen molar-refractivity contribution in [3.8, 4) is 11.1 Å². The number of aromatic nitrogens is 3. The summed E-state index contributed by atoms with van der Waals surface area (Å²) < 4.78 is 1.82. The van der Waals surface area contributed by atoms with E-state index in [1.807, 2.05) is 24.4 Å². The van der Waals surface area contributed by atoms with Gasteiger partial charge in [0.25, 0.3) is 0 Å². The van der Waals surface area contributed by atoms with Crippen molar-refractivity contribution in [1.82, 2.24) is 14.6 Å². The molecule has 0 radical (unpaired) electrons. The molecule has 3 aromatic rings. The molecule has 0 amide bonds. The molecule has 0 unspecified atom stereocenters. The molecule has 5 heteroatoms. The van der Waals surface area contributed by atoms with Gasteiger partial charge >= 0.3 is 5.97 Å². The predicted molar refractivity (Wildman–Crippen MR) is 98.3 cm³/mol. The first kappa shape index (κ1) is 17.1. The molecule has 25 heavy (non-hydrogen) atoms. The van der Waals surface area contributed by atoms with Crippen molar-refractivity contribution < 1.29 is 9.90 Å². The molecule has 1 aromatic carbocycles. The summed E-state index contributed by atoms with van der Waals surface area (Å²) in [7, 11) is 0. The minimum atomic E-state index is -1.02. The highest BCUT2D eigenvalue weighted by Crippen LogP contribution is 2.34. The number of hydrogen-bond acceptors (Lipinski definition) is 3. The molecule has 130 valence electrons. The number of nitrogens with zero attached hydrogens (tertiary/aromatic N) is 3. The minimum absolute atomic E-state index is 0.0613. The van der Waals surface area contributed by atoms with Crippen molar-refractivity contribution in [3.05, 3.63) is 52.5 Å². The largest absolute Gasteiger partial charge is 0.477 e. The Kier molecular flexibility index (Phi) is 4.33. The molecule has 0 atom stereocenters. The van der Waals surface area contributed by atoms with Crippen LogP contribution in [0.15, 0.2) is 24.3 Å². The summed E-state index contributed by atoms with van der Waals surface area (Å²) in [5.74, 6) is -0.880. The van der Waals surface area contributed by atoms with E-state index >= 15 is 0 Å². The predicted octanol–water partition coefficient (Wildman–Crippen LogP) is 4.40. The summed E-state index contributed by atoms with van der Waals surface area (Å²) in [5, 5.41) is 14.3. The van der Waals surface area contributed by atoms with Crippen LogP contribution in [0.2, 0.25) is 0 Å². The Labute approximate surface area is 147 Å². The Hall–Kier alpha value is -2.69. The summed E-state index contributed by atoms with van der Waals surface area (Å²) in [6.07, 6.45) is 0.756. The van der Waals surface area contributed by atoms with E-state index in [0.29, 0.717) is 5.65 Å². The first-order valence-electron chi connectivity index (χ1n) is 8.57. The van der Waals surface area contributed by atoms with Crippen molar-refractivity contribution in [2.24, 2.45) is 0 Å². The van der Waals surface area contributed by atoms with Crippen molar-refractivity contribution >= 4 is 11.6 Å². The maximum Gasteiger partial charge on any atom is 0.354 e. The lowest BCUT2D eigenvalue weighted by Crippen LogP contribution is -2.09. The zero-order valence-electron chi connectivity index (χ0n) is 15.3. The van der Waals surface area contributed by atoms with Crippen molar-refractivity contribution in [2.45, 2.75) is 47.0 Å². The molecular weight excluding hydrogens is 314 g/mol. The summed E-state index contributed by atoms with van der Waals surface area (Å²) in [4.78, 5) is 16.0. The fourth-order valence-corrected chi connectivity index (χ4v) is 3.32. The lowest BCUT2D eigenvalue weighted by atomic mass is 9.95. The van der Waals surface area contributed by atoms with Gasteiger partial charge in [-0.05, 0) is 48.9 Å². The molecular formula is C20H23N3O2. The molecule has 3 rings (SSSR count). The highest BCUT2D eigenvalue weighted by Gasteiger charge is 2.22. The van der Waals surface area contributed by atoms with Crippen LogP contribution < -0.4 is 0 Å². The summed E-state index contributed by atoms with van der Waals surface area (Å²) >= 11 is 0. The zero-order valence-corrected chi connectivity index (χ0v) is 15.3. The van der Waals surface area contributed by atoms with Crippen LogP contribution in [0.5, 0.6) is 0 Å². The van der Waals surface area contributed by atoms with E-state index in [1.165, 1.54) is 0 Å². The second-order valence-electron chi connectivity index (χ2n) is 6.70. The standard InChI is InChI=1S/C20H23N3O2/c1-6-14-18(17-12(4)8-7-9-13(17)5)19-21-15(20(24)25)10-16(11(2)3)23(19)22-14/h7-11H,6H2,1-5H3,(H,24,25). The van der Waals surface area contributed by atoms with Crippen molar-refractivity contribution in [3.63, 3.8) is 0 Å². The molecule has 0 bridgehead atoms. The highest BCUT2D eigenvalue weighted by molar-refractivity contribution is 5.89. The first-order valence-corrected chi connectivity index (χ1v) is 8.57. The van der Waals surface area contributed by atoms with Gasteiger partial charge < -0.3 is 5.11 Å². The molecule has 5 nitrogen and oxygen atoms in total. The number of aryl methyl sites for hydroxylation is 3. The van der Waals surface area contributed by atoms with E-state index in [0.717, 1.165) is 40.1 Å². The highest BCUT2D eigenvalue weighted by atomic mass is 16.4. The minimum Gasteiger partial charge on any atom is -0.477 e. The number of carbonyl (C=O) groups is 1. The number of hydrogen-bond donors (Lipinski definition) is 1. The Balaban J connectivity index is 2.48. The van der Waals surface area contributed by atoms with E-state index in [1.54, 1.807) is 6.07 Å². The molecule has 0 aliphatic carbocycles. The SMILES string of the molecule is CCc1nn2c(C(C)C)cc(C(=O)O)nc2c1-c1c(C)cccc1C. The molecule has 0 aliphatic rings. The van der Waals surface area contributed by atoms with Crippen molar-refractivity contribution in [2.75, 3.05) is 0 Å². The second kappa shape index (κ2) is 6.31. The van der Waals surface area contributed by atoms with Crippen LogP contribution >= 0.6 is 0 Å². The number of carboxylic acids is 1. The van der Waals surface area contributed by atoms with Crippen LogP contribution in [-0.4, -0.2) is 25.7 Å². The number of carboxylic acid groups (broad SMARTS) is 1. The lowest BCUT2D eigenvalue weighted by molar-refractivity contribution is 0.0690. The normalized spacial score (nSPS) is 11.4. The average Bonchev–Trinajstić information content (AvgIpc) is 2.92. The van der Waals surface area contributed by atoms with Gasteiger partial charge in [0.1, 0.15) is 0 Å². The molecule has 2 aromatic heterocycles. The van der Waals surface area contributed by atoms with Crippen LogP contribution in [0, 0.1) is 13.8 Å². The van der Waals surface area contributed by atoms with E-state index in [-0.39, 0.29) is 11.6 Å². The molecule has 0 saturated carbocycles. The fourth-order valence-electron chi connectivity index (χ4n) is 3.32. The molecule has 0 fully saturated rings. The van der Waals surface area contributed by atoms with Crippen LogP contribution in [0.3, 0.4) is 0 Å². The Morgan fingerprint density at radius 1 is 1.20 bits per heavy atom. The Morgan fingerprint density at radius 2 is 1.84 bits per heavy atom. The third-order valence-corrected chi connectivity index (χ3v) is 4.57. The van der Waals surface area contributed by atoms with Crippen LogP contribution in [0.25, 0.3) is 16.8 Å². The van der Waals surface area contributed by atoms with Gasteiger partial charge in [-0.15, -0.1) is 0 Å². The maximum absolute atomic E-state index is 11.6. The van der Waals surface area contributed by atoms with Crippen LogP contribution in [0.4, 0.5) is 0 Å². The van der Waals surface area contributed by atoms with Gasteiger partial charge in [0.05, 0.1) is 11.3 Å².